The van der Waals surface area contributed by atoms with Gasteiger partial charge >= 0.3 is 23.7 Å². The number of carboxylic acid groups (broad SMARTS) is 2. The SMILES string of the molecule is CCOc1ccc2c(CC(N)C(=O)O)cc(=O)oc2c1.O=C(O)C(F)(F)F. The van der Waals surface area contributed by atoms with Gasteiger partial charge in [0, 0.05) is 17.5 Å². The Kier molecular flexibility index (Phi) is 7.35. The average Bonchev–Trinajstić information content (AvgIpc) is 2.54. The number of carboxylic acids is 2. The van der Waals surface area contributed by atoms with E-state index in [4.69, 9.17) is 29.9 Å². The van der Waals surface area contributed by atoms with Crippen molar-refractivity contribution >= 4 is 22.9 Å². The van der Waals surface area contributed by atoms with Gasteiger partial charge in [0.2, 0.25) is 0 Å². The molecule has 0 saturated carbocycles. The minimum atomic E-state index is -5.08. The van der Waals surface area contributed by atoms with Crippen LogP contribution in [-0.4, -0.2) is 41.0 Å². The van der Waals surface area contributed by atoms with Gasteiger partial charge in [-0.15, -0.1) is 0 Å². The van der Waals surface area contributed by atoms with E-state index in [1.807, 2.05) is 6.92 Å². The summed E-state index contributed by atoms with van der Waals surface area (Å²) in [5.74, 6) is -3.28. The second-order valence-electron chi connectivity index (χ2n) is 5.13. The van der Waals surface area contributed by atoms with E-state index >= 15 is 0 Å². The van der Waals surface area contributed by atoms with E-state index in [9.17, 15) is 22.8 Å². The van der Waals surface area contributed by atoms with Crippen LogP contribution in [0.4, 0.5) is 13.2 Å². The Morgan fingerprint density at radius 3 is 2.33 bits per heavy atom. The first-order valence-electron chi connectivity index (χ1n) is 7.43. The molecule has 27 heavy (non-hydrogen) atoms. The van der Waals surface area contributed by atoms with Crippen molar-refractivity contribution in [2.45, 2.75) is 25.6 Å². The van der Waals surface area contributed by atoms with E-state index in [1.54, 1.807) is 18.2 Å². The maximum Gasteiger partial charge on any atom is 0.490 e. The highest BCUT2D eigenvalue weighted by Crippen LogP contribution is 2.23. The molecule has 1 aromatic heterocycles. The highest BCUT2D eigenvalue weighted by molar-refractivity contribution is 5.83. The molecule has 1 heterocycles. The standard InChI is InChI=1S/C14H15NO5.C2HF3O2/c1-2-19-9-3-4-10-8(5-11(15)14(17)18)6-13(16)20-12(10)7-9;3-2(4,5)1(6)7/h3-4,6-7,11H,2,5,15H2,1H3,(H,17,18);(H,6,7). The van der Waals surface area contributed by atoms with Gasteiger partial charge in [-0.05, 0) is 31.0 Å². The zero-order valence-corrected chi connectivity index (χ0v) is 13.9. The lowest BCUT2D eigenvalue weighted by Gasteiger charge is -2.09. The maximum atomic E-state index is 11.5. The topological polar surface area (TPSA) is 140 Å². The number of carbonyl (C=O) groups is 2. The Morgan fingerprint density at radius 2 is 1.85 bits per heavy atom. The van der Waals surface area contributed by atoms with Crippen LogP contribution in [0.15, 0.2) is 33.5 Å². The molecule has 148 valence electrons. The molecule has 1 atom stereocenters. The Hall–Kier alpha value is -3.08. The van der Waals surface area contributed by atoms with Gasteiger partial charge in [0.25, 0.3) is 0 Å². The predicted octanol–water partition coefficient (Wildman–Crippen LogP) is 1.78. The summed E-state index contributed by atoms with van der Waals surface area (Å²) in [6, 6.07) is 5.28. The van der Waals surface area contributed by atoms with Crippen molar-refractivity contribution in [3.8, 4) is 5.75 Å². The molecule has 0 aliphatic heterocycles. The summed E-state index contributed by atoms with van der Waals surface area (Å²) in [6.45, 7) is 2.35. The quantitative estimate of drug-likeness (QED) is 0.655. The van der Waals surface area contributed by atoms with Crippen LogP contribution in [0.5, 0.6) is 5.75 Å². The summed E-state index contributed by atoms with van der Waals surface area (Å²) in [6.07, 6.45) is -5.02. The van der Waals surface area contributed by atoms with E-state index in [0.29, 0.717) is 28.9 Å². The van der Waals surface area contributed by atoms with Crippen LogP contribution in [-0.2, 0) is 16.0 Å². The molecule has 4 N–H and O–H groups in total. The van der Waals surface area contributed by atoms with Crippen LogP contribution in [0, 0.1) is 0 Å². The molecule has 0 saturated heterocycles. The normalized spacial score (nSPS) is 12.0. The molecular formula is C16H16F3NO7. The van der Waals surface area contributed by atoms with E-state index < -0.39 is 29.8 Å². The number of alkyl halides is 3. The number of benzene rings is 1. The van der Waals surface area contributed by atoms with Crippen molar-refractivity contribution < 1.29 is 42.1 Å². The van der Waals surface area contributed by atoms with Gasteiger partial charge in [0.1, 0.15) is 17.4 Å². The number of halogens is 3. The number of fused-ring (bicyclic) bond motifs is 1. The summed E-state index contributed by atoms with van der Waals surface area (Å²) in [5.41, 5.74) is 5.88. The van der Waals surface area contributed by atoms with Crippen molar-refractivity contribution in [2.75, 3.05) is 6.61 Å². The average molecular weight is 391 g/mol. The number of rotatable bonds is 5. The Labute approximate surface area is 150 Å². The molecule has 0 radical (unpaired) electrons. The van der Waals surface area contributed by atoms with Crippen LogP contribution in [0.1, 0.15) is 12.5 Å². The predicted molar refractivity (Wildman–Crippen MR) is 86.7 cm³/mol. The number of ether oxygens (including phenoxy) is 1. The molecule has 11 heteroatoms. The van der Waals surface area contributed by atoms with Crippen molar-refractivity contribution in [2.24, 2.45) is 5.73 Å². The van der Waals surface area contributed by atoms with Crippen LogP contribution >= 0.6 is 0 Å². The van der Waals surface area contributed by atoms with Crippen LogP contribution in [0.2, 0.25) is 0 Å². The molecule has 0 aliphatic carbocycles. The maximum absolute atomic E-state index is 11.5. The minimum absolute atomic E-state index is 0.0609. The van der Waals surface area contributed by atoms with Crippen molar-refractivity contribution in [1.82, 2.24) is 0 Å². The Morgan fingerprint density at radius 1 is 1.26 bits per heavy atom. The highest BCUT2D eigenvalue weighted by atomic mass is 19.4. The number of hydrogen-bond acceptors (Lipinski definition) is 6. The second kappa shape index (κ2) is 9.03. The molecule has 0 amide bonds. The third-order valence-corrected chi connectivity index (χ3v) is 3.11. The van der Waals surface area contributed by atoms with E-state index in [1.165, 1.54) is 6.07 Å². The van der Waals surface area contributed by atoms with Crippen molar-refractivity contribution in [3.05, 3.63) is 40.2 Å². The molecule has 0 aliphatic rings. The van der Waals surface area contributed by atoms with Crippen molar-refractivity contribution in [3.63, 3.8) is 0 Å². The first-order chi connectivity index (χ1) is 12.5. The summed E-state index contributed by atoms with van der Waals surface area (Å²) >= 11 is 0. The van der Waals surface area contributed by atoms with E-state index in [2.05, 4.69) is 0 Å². The molecule has 8 nitrogen and oxygen atoms in total. The largest absolute Gasteiger partial charge is 0.494 e. The lowest BCUT2D eigenvalue weighted by Crippen LogP contribution is -2.32. The van der Waals surface area contributed by atoms with Crippen LogP contribution in [0.25, 0.3) is 11.0 Å². The number of aliphatic carboxylic acids is 2. The number of nitrogens with two attached hydrogens (primary N) is 1. The molecule has 0 spiro atoms. The van der Waals surface area contributed by atoms with Gasteiger partial charge in [0.15, 0.2) is 0 Å². The molecule has 0 fully saturated rings. The molecule has 2 aromatic rings. The van der Waals surface area contributed by atoms with E-state index in [-0.39, 0.29) is 6.42 Å². The van der Waals surface area contributed by atoms with Gasteiger partial charge in [-0.2, -0.15) is 13.2 Å². The summed E-state index contributed by atoms with van der Waals surface area (Å²) in [7, 11) is 0. The lowest BCUT2D eigenvalue weighted by molar-refractivity contribution is -0.192. The Bertz CT molecular complexity index is 876. The fourth-order valence-electron chi connectivity index (χ4n) is 1.96. The first kappa shape index (κ1) is 22.0. The summed E-state index contributed by atoms with van der Waals surface area (Å²) in [5, 5.41) is 16.6. The van der Waals surface area contributed by atoms with Gasteiger partial charge in [-0.1, -0.05) is 0 Å². The molecule has 1 unspecified atom stereocenters. The summed E-state index contributed by atoms with van der Waals surface area (Å²) in [4.78, 5) is 31.2. The van der Waals surface area contributed by atoms with Gasteiger partial charge < -0.3 is 25.1 Å². The van der Waals surface area contributed by atoms with Gasteiger partial charge in [-0.25, -0.2) is 9.59 Å². The third-order valence-electron chi connectivity index (χ3n) is 3.11. The second-order valence-corrected chi connectivity index (χ2v) is 5.13. The third kappa shape index (κ3) is 6.62. The van der Waals surface area contributed by atoms with Crippen molar-refractivity contribution in [1.29, 1.82) is 0 Å². The fourth-order valence-corrected chi connectivity index (χ4v) is 1.96. The molecule has 2 rings (SSSR count). The van der Waals surface area contributed by atoms with E-state index in [0.717, 1.165) is 0 Å². The number of hydrogen-bond donors (Lipinski definition) is 3. The molecular weight excluding hydrogens is 375 g/mol. The fraction of sp³-hybridized carbons (Fsp3) is 0.312. The summed E-state index contributed by atoms with van der Waals surface area (Å²) < 4.78 is 42.2. The van der Waals surface area contributed by atoms with Crippen LogP contribution < -0.4 is 16.1 Å². The highest BCUT2D eigenvalue weighted by Gasteiger charge is 2.38. The minimum Gasteiger partial charge on any atom is -0.494 e. The van der Waals surface area contributed by atoms with Gasteiger partial charge in [0.05, 0.1) is 6.61 Å². The zero-order chi connectivity index (χ0) is 20.8. The molecule has 0 bridgehead atoms. The zero-order valence-electron chi connectivity index (χ0n) is 13.9. The Balaban J connectivity index is 0.000000445. The van der Waals surface area contributed by atoms with Crippen LogP contribution in [0.3, 0.4) is 0 Å². The lowest BCUT2D eigenvalue weighted by atomic mass is 10.0. The first-order valence-corrected chi connectivity index (χ1v) is 7.43. The van der Waals surface area contributed by atoms with Gasteiger partial charge in [-0.3, -0.25) is 4.79 Å². The molecule has 1 aromatic carbocycles. The smallest absolute Gasteiger partial charge is 0.490 e. The monoisotopic (exact) mass is 391 g/mol.